The molecule has 2 unspecified atom stereocenters. The van der Waals surface area contributed by atoms with Crippen molar-refractivity contribution in [1.29, 1.82) is 0 Å². The highest BCUT2D eigenvalue weighted by Gasteiger charge is 2.32. The fourth-order valence-corrected chi connectivity index (χ4v) is 5.53. The number of amides is 1. The fourth-order valence-electron chi connectivity index (χ4n) is 4.11. The molecular weight excluding hydrogens is 350 g/mol. The van der Waals surface area contributed by atoms with Crippen LogP contribution in [0.15, 0.2) is 29.2 Å². The van der Waals surface area contributed by atoms with Gasteiger partial charge in [0, 0.05) is 44.8 Å². The maximum atomic E-state index is 12.9. The number of carbonyl (C=O) groups is 1. The van der Waals surface area contributed by atoms with E-state index >= 15 is 0 Å². The van der Waals surface area contributed by atoms with Crippen LogP contribution in [0.4, 0.5) is 5.69 Å². The van der Waals surface area contributed by atoms with E-state index in [1.165, 1.54) is 32.6 Å². The molecule has 1 saturated heterocycles. The van der Waals surface area contributed by atoms with Crippen LogP contribution < -0.4 is 5.32 Å². The Balaban J connectivity index is 1.61. The third-order valence-corrected chi connectivity index (χ3v) is 7.42. The first-order chi connectivity index (χ1) is 12.4. The molecule has 1 aromatic rings. The van der Waals surface area contributed by atoms with E-state index in [9.17, 15) is 13.2 Å². The zero-order valence-corrected chi connectivity index (χ0v) is 16.5. The number of nitrogens with one attached hydrogen (secondary N) is 1. The van der Waals surface area contributed by atoms with E-state index < -0.39 is 10.0 Å². The Labute approximate surface area is 156 Å². The Morgan fingerprint density at radius 1 is 1.08 bits per heavy atom. The third kappa shape index (κ3) is 4.45. The summed E-state index contributed by atoms with van der Waals surface area (Å²) in [6.45, 7) is 6.44. The molecule has 1 N–H and O–H groups in total. The van der Waals surface area contributed by atoms with Gasteiger partial charge in [0.15, 0.2) is 0 Å². The molecule has 0 radical (unpaired) electrons. The Morgan fingerprint density at radius 2 is 1.73 bits per heavy atom. The summed E-state index contributed by atoms with van der Waals surface area (Å²) in [5.41, 5.74) is 0.604. The first kappa shape index (κ1) is 19.3. The summed E-state index contributed by atoms with van der Waals surface area (Å²) in [7, 11) is -3.48. The number of benzene rings is 1. The molecule has 1 heterocycles. The van der Waals surface area contributed by atoms with Gasteiger partial charge in [0.25, 0.3) is 0 Å². The van der Waals surface area contributed by atoms with E-state index in [1.807, 2.05) is 0 Å². The maximum Gasteiger partial charge on any atom is 0.243 e. The van der Waals surface area contributed by atoms with Crippen LogP contribution in [0.1, 0.15) is 39.5 Å². The van der Waals surface area contributed by atoms with Crippen LogP contribution in [-0.4, -0.2) is 55.8 Å². The van der Waals surface area contributed by atoms with Crippen LogP contribution >= 0.6 is 0 Å². The second-order valence-corrected chi connectivity index (χ2v) is 9.51. The minimum absolute atomic E-state index is 0.172. The largest absolute Gasteiger partial charge is 0.326 e. The van der Waals surface area contributed by atoms with Crippen molar-refractivity contribution in [2.45, 2.75) is 50.5 Å². The Kier molecular flexibility index (Phi) is 5.99. The second-order valence-electron chi connectivity index (χ2n) is 7.57. The smallest absolute Gasteiger partial charge is 0.243 e. The van der Waals surface area contributed by atoms with Crippen LogP contribution in [-0.2, 0) is 14.8 Å². The minimum Gasteiger partial charge on any atom is -0.326 e. The van der Waals surface area contributed by atoms with Gasteiger partial charge in [-0.2, -0.15) is 4.31 Å². The van der Waals surface area contributed by atoms with Gasteiger partial charge in [-0.25, -0.2) is 8.42 Å². The van der Waals surface area contributed by atoms with Crippen molar-refractivity contribution < 1.29 is 13.2 Å². The molecule has 0 aromatic heterocycles. The Hall–Kier alpha value is -1.44. The van der Waals surface area contributed by atoms with E-state index in [1.54, 1.807) is 28.6 Å². The summed E-state index contributed by atoms with van der Waals surface area (Å²) < 4.78 is 27.3. The van der Waals surface area contributed by atoms with Crippen LogP contribution in [0, 0.1) is 5.92 Å². The van der Waals surface area contributed by atoms with Crippen molar-refractivity contribution in [2.24, 2.45) is 5.92 Å². The minimum atomic E-state index is -3.48. The number of piperazine rings is 1. The average Bonchev–Trinajstić information content (AvgIpc) is 2.62. The van der Waals surface area contributed by atoms with Gasteiger partial charge in [0.1, 0.15) is 0 Å². The molecule has 6 nitrogen and oxygen atoms in total. The van der Waals surface area contributed by atoms with Gasteiger partial charge in [0.05, 0.1) is 4.90 Å². The molecule has 7 heteroatoms. The standard InChI is InChI=1S/C19H29N3O3S/c1-15-4-3-5-18(14-15)21-10-12-22(13-11-21)26(24,25)19-8-6-17(7-9-19)20-16(2)23/h6-9,15,18H,3-5,10-14H2,1-2H3,(H,20,23). The summed E-state index contributed by atoms with van der Waals surface area (Å²) in [5, 5.41) is 2.65. The molecule has 26 heavy (non-hydrogen) atoms. The van der Waals surface area contributed by atoms with Gasteiger partial charge in [-0.3, -0.25) is 9.69 Å². The Bertz CT molecular complexity index is 725. The number of anilines is 1. The molecule has 0 spiro atoms. The van der Waals surface area contributed by atoms with Gasteiger partial charge in [-0.1, -0.05) is 19.8 Å². The lowest BCUT2D eigenvalue weighted by molar-refractivity contribution is -0.114. The van der Waals surface area contributed by atoms with Gasteiger partial charge < -0.3 is 5.32 Å². The average molecular weight is 380 g/mol. The molecule has 2 fully saturated rings. The predicted octanol–water partition coefficient (Wildman–Crippen LogP) is 2.53. The first-order valence-electron chi connectivity index (χ1n) is 9.48. The molecule has 0 bridgehead atoms. The van der Waals surface area contributed by atoms with Gasteiger partial charge in [-0.15, -0.1) is 0 Å². The lowest BCUT2D eigenvalue weighted by atomic mass is 9.86. The lowest BCUT2D eigenvalue weighted by Crippen LogP contribution is -2.52. The quantitative estimate of drug-likeness (QED) is 0.873. The molecule has 1 saturated carbocycles. The summed E-state index contributed by atoms with van der Waals surface area (Å²) in [5.74, 6) is 0.603. The van der Waals surface area contributed by atoms with Gasteiger partial charge in [0.2, 0.25) is 15.9 Å². The fraction of sp³-hybridized carbons (Fsp3) is 0.632. The Morgan fingerprint density at radius 3 is 2.31 bits per heavy atom. The summed E-state index contributed by atoms with van der Waals surface area (Å²) in [6, 6.07) is 7.01. The molecule has 3 rings (SSSR count). The molecule has 1 aromatic carbocycles. The van der Waals surface area contributed by atoms with E-state index in [0.717, 1.165) is 19.0 Å². The monoisotopic (exact) mass is 379 g/mol. The summed E-state index contributed by atoms with van der Waals surface area (Å²) in [4.78, 5) is 13.8. The van der Waals surface area contributed by atoms with Gasteiger partial charge >= 0.3 is 0 Å². The lowest BCUT2D eigenvalue weighted by Gasteiger charge is -2.41. The molecule has 2 atom stereocenters. The van der Waals surface area contributed by atoms with Crippen LogP contribution in [0.2, 0.25) is 0 Å². The SMILES string of the molecule is CC(=O)Nc1ccc(S(=O)(=O)N2CCN(C3CCCC(C)C3)CC2)cc1. The van der Waals surface area contributed by atoms with E-state index in [4.69, 9.17) is 0 Å². The first-order valence-corrected chi connectivity index (χ1v) is 10.9. The maximum absolute atomic E-state index is 12.9. The normalized spacial score (nSPS) is 25.8. The highest BCUT2D eigenvalue weighted by molar-refractivity contribution is 7.89. The topological polar surface area (TPSA) is 69.7 Å². The molecule has 1 aliphatic heterocycles. The van der Waals surface area contributed by atoms with Crippen LogP contribution in [0.25, 0.3) is 0 Å². The van der Waals surface area contributed by atoms with E-state index in [2.05, 4.69) is 17.1 Å². The zero-order valence-electron chi connectivity index (χ0n) is 15.6. The van der Waals surface area contributed by atoms with Crippen molar-refractivity contribution in [2.75, 3.05) is 31.5 Å². The number of sulfonamides is 1. The molecule has 2 aliphatic rings. The van der Waals surface area contributed by atoms with Crippen LogP contribution in [0.5, 0.6) is 0 Å². The zero-order chi connectivity index (χ0) is 18.7. The van der Waals surface area contributed by atoms with Crippen molar-refractivity contribution in [3.05, 3.63) is 24.3 Å². The van der Waals surface area contributed by atoms with Crippen molar-refractivity contribution in [3.8, 4) is 0 Å². The van der Waals surface area contributed by atoms with Gasteiger partial charge in [-0.05, 0) is 43.0 Å². The number of rotatable bonds is 4. The van der Waals surface area contributed by atoms with Crippen molar-refractivity contribution >= 4 is 21.6 Å². The van der Waals surface area contributed by atoms with E-state index in [-0.39, 0.29) is 10.8 Å². The second kappa shape index (κ2) is 8.06. The molecule has 1 aliphatic carbocycles. The molecular formula is C19H29N3O3S. The van der Waals surface area contributed by atoms with Crippen molar-refractivity contribution in [3.63, 3.8) is 0 Å². The summed E-state index contributed by atoms with van der Waals surface area (Å²) >= 11 is 0. The number of carbonyl (C=O) groups excluding carboxylic acids is 1. The van der Waals surface area contributed by atoms with E-state index in [0.29, 0.717) is 24.8 Å². The third-order valence-electron chi connectivity index (χ3n) is 5.51. The molecule has 1 amide bonds. The number of nitrogens with zero attached hydrogens (tertiary/aromatic N) is 2. The number of hydrogen-bond donors (Lipinski definition) is 1. The van der Waals surface area contributed by atoms with Crippen LogP contribution in [0.3, 0.4) is 0 Å². The predicted molar refractivity (Wildman–Crippen MR) is 102 cm³/mol. The molecule has 144 valence electrons. The number of hydrogen-bond acceptors (Lipinski definition) is 4. The van der Waals surface area contributed by atoms with Crippen molar-refractivity contribution in [1.82, 2.24) is 9.21 Å². The highest BCUT2D eigenvalue weighted by atomic mass is 32.2. The highest BCUT2D eigenvalue weighted by Crippen LogP contribution is 2.28. The summed E-state index contributed by atoms with van der Waals surface area (Å²) in [6.07, 6.45) is 5.07.